The fraction of sp³-hybridized carbons (Fsp3) is 0.672. The number of hydrogen-bond donors (Lipinski definition) is 2. The van der Waals surface area contributed by atoms with Crippen molar-refractivity contribution in [2.45, 2.75) is 238 Å². The number of carbonyl (C=O) groups is 1. The molecule has 0 saturated carbocycles. The van der Waals surface area contributed by atoms with E-state index in [-0.39, 0.29) is 18.9 Å². The molecule has 0 aromatic rings. The second-order valence-electron chi connectivity index (χ2n) is 20.6. The van der Waals surface area contributed by atoms with E-state index < -0.39 is 26.6 Å². The van der Waals surface area contributed by atoms with Gasteiger partial charge in [-0.15, -0.1) is 0 Å². The van der Waals surface area contributed by atoms with Crippen LogP contribution in [0, 0.1) is 0 Å². The van der Waals surface area contributed by atoms with Crippen LogP contribution in [0.1, 0.15) is 226 Å². The number of quaternary nitrogens is 1. The first-order chi connectivity index (χ1) is 35.5. The van der Waals surface area contributed by atoms with Crippen molar-refractivity contribution in [2.75, 3.05) is 40.9 Å². The molecule has 8 nitrogen and oxygen atoms in total. The summed E-state index contributed by atoms with van der Waals surface area (Å²) < 4.78 is 23.3. The first kappa shape index (κ1) is 69.9. The van der Waals surface area contributed by atoms with Gasteiger partial charge in [-0.2, -0.15) is 0 Å². The van der Waals surface area contributed by atoms with Crippen LogP contribution >= 0.6 is 7.82 Å². The number of phosphoric acid groups is 1. The van der Waals surface area contributed by atoms with Crippen molar-refractivity contribution in [2.24, 2.45) is 0 Å². The molecule has 0 aliphatic carbocycles. The largest absolute Gasteiger partial charge is 0.756 e. The van der Waals surface area contributed by atoms with E-state index in [2.05, 4.69) is 129 Å². The fourth-order valence-corrected chi connectivity index (χ4v) is 8.54. The molecule has 0 saturated heterocycles. The van der Waals surface area contributed by atoms with E-state index in [1.807, 2.05) is 27.2 Å². The molecule has 9 heteroatoms. The number of carbonyl (C=O) groups excluding carboxylic acids is 1. The maximum absolute atomic E-state index is 12.9. The van der Waals surface area contributed by atoms with Gasteiger partial charge in [0.15, 0.2) is 0 Å². The van der Waals surface area contributed by atoms with Crippen molar-refractivity contribution in [3.63, 3.8) is 0 Å². The SMILES string of the molecule is CC/C=C\C/C=C\C/C=C\C/C=C\C/C=C\C/C=C\C/C=C\CCCC(=O)NC(COP(=O)([O-])OCC[N+](C)(C)C)C(O)/C=C/CC/C=C/CC/C=C/CCCCCCCCCCCCCCCCCCCC. The van der Waals surface area contributed by atoms with E-state index in [0.717, 1.165) is 70.6 Å². The molecule has 0 fully saturated rings. The lowest BCUT2D eigenvalue weighted by atomic mass is 10.0. The Kier molecular flexibility index (Phi) is 51.4. The molecule has 0 rings (SSSR count). The zero-order valence-corrected chi connectivity index (χ0v) is 48.4. The third-order valence-electron chi connectivity index (χ3n) is 12.4. The molecule has 1 amide bonds. The van der Waals surface area contributed by atoms with E-state index in [9.17, 15) is 19.4 Å². The summed E-state index contributed by atoms with van der Waals surface area (Å²) >= 11 is 0. The van der Waals surface area contributed by atoms with E-state index in [0.29, 0.717) is 23.9 Å². The second-order valence-corrected chi connectivity index (χ2v) is 22.0. The Hall–Kier alpha value is -3.10. The molecule has 0 aromatic heterocycles. The van der Waals surface area contributed by atoms with Crippen LogP contribution in [-0.4, -0.2) is 68.5 Å². The highest BCUT2D eigenvalue weighted by atomic mass is 31.2. The van der Waals surface area contributed by atoms with Crippen molar-refractivity contribution < 1.29 is 32.9 Å². The van der Waals surface area contributed by atoms with Crippen molar-refractivity contribution in [3.05, 3.63) is 122 Å². The minimum atomic E-state index is -4.64. The van der Waals surface area contributed by atoms with Gasteiger partial charge in [0.05, 0.1) is 39.9 Å². The molecule has 418 valence electrons. The quantitative estimate of drug-likeness (QED) is 0.0272. The molecule has 0 aliphatic heterocycles. The molecule has 3 unspecified atom stereocenters. The molecule has 73 heavy (non-hydrogen) atoms. The third kappa shape index (κ3) is 56.5. The smallest absolute Gasteiger partial charge is 0.268 e. The van der Waals surface area contributed by atoms with Gasteiger partial charge in [-0.3, -0.25) is 9.36 Å². The van der Waals surface area contributed by atoms with Crippen LogP contribution in [0.25, 0.3) is 0 Å². The summed E-state index contributed by atoms with van der Waals surface area (Å²) in [7, 11) is 1.18. The second kappa shape index (κ2) is 53.7. The Morgan fingerprint density at radius 1 is 0.493 bits per heavy atom. The molecule has 0 radical (unpaired) electrons. The third-order valence-corrected chi connectivity index (χ3v) is 13.3. The lowest BCUT2D eigenvalue weighted by molar-refractivity contribution is -0.870. The average molecular weight is 1040 g/mol. The van der Waals surface area contributed by atoms with Gasteiger partial charge in [-0.05, 0) is 96.3 Å². The Labute approximate surface area is 450 Å². The van der Waals surface area contributed by atoms with Crippen molar-refractivity contribution in [3.8, 4) is 0 Å². The Bertz CT molecular complexity index is 1600. The minimum Gasteiger partial charge on any atom is -0.756 e. The molecule has 0 bridgehead atoms. The lowest BCUT2D eigenvalue weighted by Gasteiger charge is -2.29. The van der Waals surface area contributed by atoms with Crippen LogP contribution in [0.15, 0.2) is 122 Å². The van der Waals surface area contributed by atoms with E-state index in [1.165, 1.54) is 122 Å². The van der Waals surface area contributed by atoms with Crippen molar-refractivity contribution >= 4 is 13.7 Å². The molecule has 0 aromatic carbocycles. The number of aliphatic hydroxyl groups excluding tert-OH is 1. The Morgan fingerprint density at radius 3 is 1.27 bits per heavy atom. The molecule has 0 spiro atoms. The fourth-order valence-electron chi connectivity index (χ4n) is 7.82. The van der Waals surface area contributed by atoms with Crippen LogP contribution in [0.5, 0.6) is 0 Å². The number of phosphoric ester groups is 1. The number of nitrogens with one attached hydrogen (secondary N) is 1. The number of rotatable bonds is 52. The van der Waals surface area contributed by atoms with Gasteiger partial charge in [0.25, 0.3) is 7.82 Å². The van der Waals surface area contributed by atoms with Crippen LogP contribution in [-0.2, 0) is 18.4 Å². The standard InChI is InChI=1S/C64H111N2O6P/c1-6-8-10-12-14-16-18-20-22-24-26-28-30-31-32-33-34-36-37-39-41-43-45-47-49-51-53-55-57-63(67)62(61-72-73(69,70)71-60-59-66(3,4)5)65-64(68)58-56-54-52-50-48-46-44-42-40-38-35-29-27-25-23-21-19-17-15-13-11-9-7-2/h9,11,15,17,21,23,27,29,38-41,44,46-47,49-50,52,55,57,62-63,67H,6-8,10,12-14,16,18-20,22,24-26,28,30-37,42-43,45,48,51,53-54,56,58-61H2,1-5H3,(H-,65,68,69,70)/b11-9-,17-15-,23-21-,29-27-,40-38-,41-39+,46-44-,49-47+,52-50-,57-55+. The number of nitrogens with zero attached hydrogens (tertiary/aromatic N) is 1. The zero-order chi connectivity index (χ0) is 53.5. The summed E-state index contributed by atoms with van der Waals surface area (Å²) in [6.45, 7) is 4.46. The number of unbranched alkanes of at least 4 members (excludes halogenated alkanes) is 21. The summed E-state index contributed by atoms with van der Waals surface area (Å²) in [4.78, 5) is 25.5. The van der Waals surface area contributed by atoms with E-state index in [4.69, 9.17) is 9.05 Å². The van der Waals surface area contributed by atoms with Gasteiger partial charge in [0.1, 0.15) is 13.2 Å². The van der Waals surface area contributed by atoms with Gasteiger partial charge in [-0.1, -0.05) is 245 Å². The Balaban J connectivity index is 4.40. The number of amides is 1. The summed E-state index contributed by atoms with van der Waals surface area (Å²) in [5.41, 5.74) is 0. The lowest BCUT2D eigenvalue weighted by Crippen LogP contribution is -2.45. The van der Waals surface area contributed by atoms with Crippen molar-refractivity contribution in [1.29, 1.82) is 0 Å². The van der Waals surface area contributed by atoms with Gasteiger partial charge in [0.2, 0.25) is 5.91 Å². The molecule has 2 N–H and O–H groups in total. The van der Waals surface area contributed by atoms with E-state index >= 15 is 0 Å². The van der Waals surface area contributed by atoms with E-state index in [1.54, 1.807) is 6.08 Å². The first-order valence-electron chi connectivity index (χ1n) is 29.4. The number of aliphatic hydroxyl groups is 1. The average Bonchev–Trinajstić information content (AvgIpc) is 3.35. The summed E-state index contributed by atoms with van der Waals surface area (Å²) in [6.07, 6.45) is 80.1. The summed E-state index contributed by atoms with van der Waals surface area (Å²) in [5.74, 6) is -0.273. The molecular formula is C64H111N2O6P. The maximum atomic E-state index is 12.9. The zero-order valence-electron chi connectivity index (χ0n) is 47.5. The van der Waals surface area contributed by atoms with Crippen LogP contribution in [0.2, 0.25) is 0 Å². The normalized spacial score (nSPS) is 14.8. The van der Waals surface area contributed by atoms with Gasteiger partial charge >= 0.3 is 0 Å². The van der Waals surface area contributed by atoms with Crippen LogP contribution < -0.4 is 10.2 Å². The molecule has 0 aliphatic rings. The highest BCUT2D eigenvalue weighted by Gasteiger charge is 2.23. The Morgan fingerprint density at radius 2 is 0.849 bits per heavy atom. The van der Waals surface area contributed by atoms with Gasteiger partial charge in [0, 0.05) is 6.42 Å². The number of hydrogen-bond acceptors (Lipinski definition) is 6. The minimum absolute atomic E-state index is 0.0270. The van der Waals surface area contributed by atoms with Gasteiger partial charge < -0.3 is 28.8 Å². The van der Waals surface area contributed by atoms with Gasteiger partial charge in [-0.25, -0.2) is 0 Å². The predicted molar refractivity (Wildman–Crippen MR) is 315 cm³/mol. The predicted octanol–water partition coefficient (Wildman–Crippen LogP) is 17.5. The monoisotopic (exact) mass is 1030 g/mol. The molecular weight excluding hydrogens is 924 g/mol. The molecule has 0 heterocycles. The highest BCUT2D eigenvalue weighted by molar-refractivity contribution is 7.45. The number of likely N-dealkylation sites (N-methyl/N-ethyl adjacent to an activating group) is 1. The first-order valence-corrected chi connectivity index (χ1v) is 30.9. The summed E-state index contributed by atoms with van der Waals surface area (Å²) in [6, 6.07) is -0.951. The highest BCUT2D eigenvalue weighted by Crippen LogP contribution is 2.38. The summed E-state index contributed by atoms with van der Waals surface area (Å²) in [5, 5.41) is 13.8. The topological polar surface area (TPSA) is 108 Å². The molecule has 3 atom stereocenters. The van der Waals surface area contributed by atoms with Crippen LogP contribution in [0.4, 0.5) is 0 Å². The van der Waals surface area contributed by atoms with Crippen molar-refractivity contribution in [1.82, 2.24) is 5.32 Å². The maximum Gasteiger partial charge on any atom is 0.268 e. The van der Waals surface area contributed by atoms with Crippen LogP contribution in [0.3, 0.4) is 0 Å². The number of allylic oxidation sites excluding steroid dienone is 19.